The average Bonchev–Trinajstić information content (AvgIpc) is 3.01. The Bertz CT molecular complexity index is 784. The van der Waals surface area contributed by atoms with Crippen molar-refractivity contribution in [3.63, 3.8) is 0 Å². The van der Waals surface area contributed by atoms with Crippen LogP contribution in [0.4, 0.5) is 0 Å². The van der Waals surface area contributed by atoms with Gasteiger partial charge in [0.1, 0.15) is 5.78 Å². The number of aliphatic hydroxyl groups excluding tert-OH is 2. The van der Waals surface area contributed by atoms with Gasteiger partial charge in [-0.2, -0.15) is 0 Å². The van der Waals surface area contributed by atoms with E-state index in [9.17, 15) is 19.8 Å². The molecule has 1 aromatic rings. The van der Waals surface area contributed by atoms with Crippen molar-refractivity contribution < 1.29 is 24.5 Å². The lowest BCUT2D eigenvalue weighted by atomic mass is 9.62. The topological polar surface area (TPSA) is 83.8 Å². The molecular weight excluding hydrogens is 412 g/mol. The van der Waals surface area contributed by atoms with Gasteiger partial charge in [-0.05, 0) is 55.4 Å². The minimum absolute atomic E-state index is 0.0643. The van der Waals surface area contributed by atoms with Gasteiger partial charge < -0.3 is 14.9 Å². The van der Waals surface area contributed by atoms with Gasteiger partial charge >= 0.3 is 5.97 Å². The Morgan fingerprint density at radius 1 is 1.32 bits per heavy atom. The van der Waals surface area contributed by atoms with Gasteiger partial charge in [-0.15, -0.1) is 11.8 Å². The Balaban J connectivity index is 1.57. The number of hydrogen-bond acceptors (Lipinski definition) is 6. The second-order valence-corrected chi connectivity index (χ2v) is 9.99. The lowest BCUT2D eigenvalue weighted by Crippen LogP contribution is -2.41. The summed E-state index contributed by atoms with van der Waals surface area (Å²) in [5.41, 5.74) is 0.556. The number of carbonyl (C=O) groups is 2. The summed E-state index contributed by atoms with van der Waals surface area (Å²) in [6, 6.07) is 7.12. The second kappa shape index (κ2) is 10.8. The van der Waals surface area contributed by atoms with Crippen LogP contribution in [0.15, 0.2) is 41.3 Å². The first kappa shape index (κ1) is 24.0. The Morgan fingerprint density at radius 3 is 2.61 bits per heavy atom. The first-order valence-corrected chi connectivity index (χ1v) is 12.3. The number of ether oxygens (including phenoxy) is 1. The van der Waals surface area contributed by atoms with Crippen LogP contribution >= 0.6 is 11.8 Å². The number of ketones is 1. The minimum atomic E-state index is -0.665. The molecule has 4 atom stereocenters. The van der Waals surface area contributed by atoms with E-state index in [1.54, 1.807) is 23.9 Å². The number of benzene rings is 1. The average molecular weight is 447 g/mol. The molecule has 0 aliphatic heterocycles. The summed E-state index contributed by atoms with van der Waals surface area (Å²) >= 11 is 1.55. The number of carbonyl (C=O) groups excluding carboxylic acids is 2. The number of methoxy groups -OCH3 is 1. The highest BCUT2D eigenvalue weighted by Gasteiger charge is 2.42. The SMILES string of the molecule is CCCC1(C(O)C/C=C/[C@H]2C(O)CC(=O)[C@@H]2CSc2ccc(C(=O)OC)cc2)CCC1. The maximum Gasteiger partial charge on any atom is 0.337 e. The molecule has 2 N–H and O–H groups in total. The molecule has 0 bridgehead atoms. The fourth-order valence-electron chi connectivity index (χ4n) is 4.93. The predicted molar refractivity (Wildman–Crippen MR) is 122 cm³/mol. The number of hydrogen-bond donors (Lipinski definition) is 2. The van der Waals surface area contributed by atoms with Crippen molar-refractivity contribution >= 4 is 23.5 Å². The fraction of sp³-hybridized carbons (Fsp3) is 0.600. The van der Waals surface area contributed by atoms with E-state index < -0.39 is 6.10 Å². The molecule has 0 amide bonds. The molecular formula is C25H34O5S. The molecule has 2 fully saturated rings. The van der Waals surface area contributed by atoms with Gasteiger partial charge in [0.15, 0.2) is 0 Å². The zero-order valence-corrected chi connectivity index (χ0v) is 19.3. The maximum atomic E-state index is 12.5. The van der Waals surface area contributed by atoms with Crippen LogP contribution in [0.25, 0.3) is 0 Å². The van der Waals surface area contributed by atoms with E-state index in [-0.39, 0.29) is 41.5 Å². The summed E-state index contributed by atoms with van der Waals surface area (Å²) in [6.07, 6.45) is 9.17. The van der Waals surface area contributed by atoms with Crippen LogP contribution in [0.3, 0.4) is 0 Å². The van der Waals surface area contributed by atoms with E-state index in [2.05, 4.69) is 6.92 Å². The molecule has 1 aromatic carbocycles. The second-order valence-electron chi connectivity index (χ2n) is 8.89. The minimum Gasteiger partial charge on any atom is -0.465 e. The lowest BCUT2D eigenvalue weighted by molar-refractivity contribution is -0.120. The third-order valence-electron chi connectivity index (χ3n) is 6.96. The van der Waals surface area contributed by atoms with Crippen LogP contribution in [0.2, 0.25) is 0 Å². The van der Waals surface area contributed by atoms with E-state index in [4.69, 9.17) is 4.74 Å². The largest absolute Gasteiger partial charge is 0.465 e. The molecule has 5 nitrogen and oxygen atoms in total. The van der Waals surface area contributed by atoms with E-state index in [1.165, 1.54) is 13.5 Å². The molecule has 3 rings (SSSR count). The van der Waals surface area contributed by atoms with Crippen molar-refractivity contribution in [1.29, 1.82) is 0 Å². The van der Waals surface area contributed by atoms with Crippen molar-refractivity contribution in [2.45, 2.75) is 69.0 Å². The molecule has 31 heavy (non-hydrogen) atoms. The standard InChI is InChI=1S/C25H34O5S/c1-3-12-25(13-5-14-25)23(28)7-4-6-19-20(22(27)15-21(19)26)16-31-18-10-8-17(9-11-18)24(29)30-2/h4,6,8-11,19-21,23,26,28H,3,5,7,12-16H2,1-2H3/b6-4+/t19-,20-,21?,23?/m1/s1. The highest BCUT2D eigenvalue weighted by Crippen LogP contribution is 2.48. The molecule has 0 spiro atoms. The summed E-state index contributed by atoms with van der Waals surface area (Å²) in [5.74, 6) is -0.180. The summed E-state index contributed by atoms with van der Waals surface area (Å²) in [7, 11) is 1.35. The normalized spacial score (nSPS) is 26.1. The third kappa shape index (κ3) is 5.60. The summed E-state index contributed by atoms with van der Waals surface area (Å²) in [5, 5.41) is 21.1. The Labute approximate surface area is 189 Å². The van der Waals surface area contributed by atoms with Gasteiger partial charge in [0.25, 0.3) is 0 Å². The van der Waals surface area contributed by atoms with Crippen LogP contribution in [0.1, 0.15) is 62.2 Å². The van der Waals surface area contributed by atoms with Gasteiger partial charge in [-0.3, -0.25) is 4.79 Å². The molecule has 2 aliphatic carbocycles. The molecule has 170 valence electrons. The molecule has 0 saturated heterocycles. The van der Waals surface area contributed by atoms with Gasteiger partial charge in [-0.25, -0.2) is 4.79 Å². The first-order chi connectivity index (χ1) is 14.9. The first-order valence-electron chi connectivity index (χ1n) is 11.3. The Morgan fingerprint density at radius 2 is 2.03 bits per heavy atom. The van der Waals surface area contributed by atoms with E-state index in [0.29, 0.717) is 17.7 Å². The zero-order chi connectivity index (χ0) is 22.4. The smallest absolute Gasteiger partial charge is 0.337 e. The number of thioether (sulfide) groups is 1. The molecule has 2 unspecified atom stereocenters. The number of esters is 1. The molecule has 2 saturated carbocycles. The van der Waals surface area contributed by atoms with Gasteiger partial charge in [0, 0.05) is 28.9 Å². The Kier molecular flexibility index (Phi) is 8.36. The highest BCUT2D eigenvalue weighted by atomic mass is 32.2. The van der Waals surface area contributed by atoms with Gasteiger partial charge in [0.2, 0.25) is 0 Å². The van der Waals surface area contributed by atoms with Crippen LogP contribution in [-0.4, -0.2) is 47.0 Å². The predicted octanol–water partition coefficient (Wildman–Crippen LogP) is 4.41. The molecule has 2 aliphatic rings. The quantitative estimate of drug-likeness (QED) is 0.315. The zero-order valence-electron chi connectivity index (χ0n) is 18.5. The summed E-state index contributed by atoms with van der Waals surface area (Å²) < 4.78 is 4.71. The van der Waals surface area contributed by atoms with Gasteiger partial charge in [0.05, 0.1) is 24.9 Å². The van der Waals surface area contributed by atoms with E-state index in [0.717, 1.165) is 30.6 Å². The van der Waals surface area contributed by atoms with Crippen molar-refractivity contribution in [2.75, 3.05) is 12.9 Å². The summed E-state index contributed by atoms with van der Waals surface area (Å²) in [4.78, 5) is 25.0. The van der Waals surface area contributed by atoms with Crippen molar-refractivity contribution in [2.24, 2.45) is 17.3 Å². The molecule has 0 aromatic heterocycles. The molecule has 0 radical (unpaired) electrons. The number of Topliss-reactive ketones (excluding diaryl/α,β-unsaturated/α-hetero) is 1. The van der Waals surface area contributed by atoms with Crippen LogP contribution in [-0.2, 0) is 9.53 Å². The maximum absolute atomic E-state index is 12.5. The van der Waals surface area contributed by atoms with Crippen molar-refractivity contribution in [3.05, 3.63) is 42.0 Å². The van der Waals surface area contributed by atoms with Gasteiger partial charge in [-0.1, -0.05) is 31.9 Å². The van der Waals surface area contributed by atoms with Crippen molar-refractivity contribution in [3.8, 4) is 0 Å². The van der Waals surface area contributed by atoms with E-state index >= 15 is 0 Å². The Hall–Kier alpha value is -1.63. The molecule has 6 heteroatoms. The van der Waals surface area contributed by atoms with Crippen LogP contribution in [0, 0.1) is 17.3 Å². The third-order valence-corrected chi connectivity index (χ3v) is 8.09. The number of rotatable bonds is 10. The van der Waals surface area contributed by atoms with Crippen LogP contribution < -0.4 is 0 Å². The number of aliphatic hydroxyl groups is 2. The van der Waals surface area contributed by atoms with Crippen molar-refractivity contribution in [1.82, 2.24) is 0 Å². The fourth-order valence-corrected chi connectivity index (χ4v) is 6.04. The van der Waals surface area contributed by atoms with Crippen LogP contribution in [0.5, 0.6) is 0 Å². The lowest BCUT2D eigenvalue weighted by Gasteiger charge is -2.45. The summed E-state index contributed by atoms with van der Waals surface area (Å²) in [6.45, 7) is 2.16. The molecule has 0 heterocycles. The van der Waals surface area contributed by atoms with E-state index in [1.807, 2.05) is 24.3 Å². The highest BCUT2D eigenvalue weighted by molar-refractivity contribution is 7.99. The monoisotopic (exact) mass is 446 g/mol.